The van der Waals surface area contributed by atoms with Crippen LogP contribution in [0.3, 0.4) is 0 Å². The summed E-state index contributed by atoms with van der Waals surface area (Å²) in [4.78, 5) is 0. The standard InChI is InChI=1S/C14H22BrNO2/c1-11(2)9-13(10-17)16-7-8-18-14-5-3-12(15)4-6-14/h3-6,11,13,16-17H,7-10H2,1-2H3. The Balaban J connectivity index is 2.19. The third kappa shape index (κ3) is 6.38. The van der Waals surface area contributed by atoms with E-state index in [9.17, 15) is 5.11 Å². The van der Waals surface area contributed by atoms with Crippen LogP contribution in [-0.4, -0.2) is 30.9 Å². The molecule has 0 aliphatic carbocycles. The molecular weight excluding hydrogens is 294 g/mol. The maximum Gasteiger partial charge on any atom is 0.119 e. The fraction of sp³-hybridized carbons (Fsp3) is 0.571. The van der Waals surface area contributed by atoms with Gasteiger partial charge in [-0.05, 0) is 36.6 Å². The number of hydrogen-bond acceptors (Lipinski definition) is 3. The van der Waals surface area contributed by atoms with Crippen molar-refractivity contribution in [3.05, 3.63) is 28.7 Å². The van der Waals surface area contributed by atoms with E-state index in [4.69, 9.17) is 4.74 Å². The molecule has 4 heteroatoms. The summed E-state index contributed by atoms with van der Waals surface area (Å²) in [6, 6.07) is 7.94. The van der Waals surface area contributed by atoms with Gasteiger partial charge in [0.2, 0.25) is 0 Å². The first-order valence-electron chi connectivity index (χ1n) is 6.34. The molecule has 0 spiro atoms. The average molecular weight is 316 g/mol. The summed E-state index contributed by atoms with van der Waals surface area (Å²) in [5.74, 6) is 1.45. The van der Waals surface area contributed by atoms with E-state index in [0.717, 1.165) is 23.2 Å². The molecule has 0 saturated heterocycles. The van der Waals surface area contributed by atoms with Crippen LogP contribution in [0.4, 0.5) is 0 Å². The second-order valence-electron chi connectivity index (χ2n) is 4.77. The topological polar surface area (TPSA) is 41.5 Å². The normalized spacial score (nSPS) is 12.7. The van der Waals surface area contributed by atoms with Gasteiger partial charge in [-0.2, -0.15) is 0 Å². The van der Waals surface area contributed by atoms with Crippen LogP contribution in [0.25, 0.3) is 0 Å². The van der Waals surface area contributed by atoms with Crippen LogP contribution in [0.1, 0.15) is 20.3 Å². The molecule has 0 radical (unpaired) electrons. The van der Waals surface area contributed by atoms with Crippen molar-refractivity contribution in [3.8, 4) is 5.75 Å². The zero-order chi connectivity index (χ0) is 13.4. The Bertz CT molecular complexity index is 327. The number of aliphatic hydroxyl groups is 1. The lowest BCUT2D eigenvalue weighted by Crippen LogP contribution is -2.36. The van der Waals surface area contributed by atoms with E-state index in [2.05, 4.69) is 35.1 Å². The van der Waals surface area contributed by atoms with Gasteiger partial charge in [-0.1, -0.05) is 29.8 Å². The van der Waals surface area contributed by atoms with E-state index in [-0.39, 0.29) is 12.6 Å². The number of rotatable bonds is 8. The number of halogens is 1. The van der Waals surface area contributed by atoms with E-state index in [0.29, 0.717) is 12.5 Å². The van der Waals surface area contributed by atoms with Crippen LogP contribution in [0.15, 0.2) is 28.7 Å². The highest BCUT2D eigenvalue weighted by atomic mass is 79.9. The fourth-order valence-electron chi connectivity index (χ4n) is 1.75. The summed E-state index contributed by atoms with van der Waals surface area (Å²) in [7, 11) is 0. The summed E-state index contributed by atoms with van der Waals surface area (Å²) in [5, 5.41) is 12.5. The lowest BCUT2D eigenvalue weighted by molar-refractivity contribution is 0.214. The van der Waals surface area contributed by atoms with Crippen LogP contribution >= 0.6 is 15.9 Å². The highest BCUT2D eigenvalue weighted by molar-refractivity contribution is 9.10. The average Bonchev–Trinajstić information content (AvgIpc) is 2.34. The summed E-state index contributed by atoms with van der Waals surface area (Å²) in [5.41, 5.74) is 0. The molecule has 1 unspecified atom stereocenters. The van der Waals surface area contributed by atoms with Crippen molar-refractivity contribution in [1.82, 2.24) is 5.32 Å². The second-order valence-corrected chi connectivity index (χ2v) is 5.68. The molecule has 0 fully saturated rings. The van der Waals surface area contributed by atoms with Crippen molar-refractivity contribution < 1.29 is 9.84 Å². The summed E-state index contributed by atoms with van der Waals surface area (Å²) in [6.07, 6.45) is 0.981. The van der Waals surface area contributed by atoms with Gasteiger partial charge >= 0.3 is 0 Å². The summed E-state index contributed by atoms with van der Waals surface area (Å²) in [6.45, 7) is 5.84. The zero-order valence-electron chi connectivity index (χ0n) is 11.0. The van der Waals surface area contributed by atoms with Crippen LogP contribution in [0.5, 0.6) is 5.75 Å². The van der Waals surface area contributed by atoms with E-state index < -0.39 is 0 Å². The van der Waals surface area contributed by atoms with E-state index in [1.54, 1.807) is 0 Å². The van der Waals surface area contributed by atoms with Gasteiger partial charge in [-0.15, -0.1) is 0 Å². The van der Waals surface area contributed by atoms with Crippen molar-refractivity contribution in [2.24, 2.45) is 5.92 Å². The number of benzene rings is 1. The van der Waals surface area contributed by atoms with E-state index >= 15 is 0 Å². The summed E-state index contributed by atoms with van der Waals surface area (Å²) >= 11 is 3.38. The predicted molar refractivity (Wildman–Crippen MR) is 78.0 cm³/mol. The molecule has 0 aromatic heterocycles. The number of nitrogens with one attached hydrogen (secondary N) is 1. The van der Waals surface area contributed by atoms with Gasteiger partial charge in [0.15, 0.2) is 0 Å². The minimum Gasteiger partial charge on any atom is -0.492 e. The Kier molecular flexibility index (Phi) is 7.32. The third-order valence-corrected chi connectivity index (χ3v) is 3.12. The van der Waals surface area contributed by atoms with Gasteiger partial charge in [0, 0.05) is 17.1 Å². The number of aliphatic hydroxyl groups excluding tert-OH is 1. The quantitative estimate of drug-likeness (QED) is 0.725. The van der Waals surface area contributed by atoms with Crippen molar-refractivity contribution in [3.63, 3.8) is 0 Å². The molecule has 0 aliphatic rings. The maximum atomic E-state index is 9.21. The molecule has 1 rings (SSSR count). The molecule has 1 atom stereocenters. The lowest BCUT2D eigenvalue weighted by Gasteiger charge is -2.18. The smallest absolute Gasteiger partial charge is 0.119 e. The monoisotopic (exact) mass is 315 g/mol. The van der Waals surface area contributed by atoms with Crippen molar-refractivity contribution >= 4 is 15.9 Å². The first kappa shape index (κ1) is 15.5. The van der Waals surface area contributed by atoms with Gasteiger partial charge in [0.1, 0.15) is 12.4 Å². The SMILES string of the molecule is CC(C)CC(CO)NCCOc1ccc(Br)cc1. The Hall–Kier alpha value is -0.580. The van der Waals surface area contributed by atoms with E-state index in [1.807, 2.05) is 24.3 Å². The van der Waals surface area contributed by atoms with E-state index in [1.165, 1.54) is 0 Å². The van der Waals surface area contributed by atoms with Crippen molar-refractivity contribution in [2.45, 2.75) is 26.3 Å². The molecule has 3 nitrogen and oxygen atoms in total. The molecule has 0 aliphatic heterocycles. The Morgan fingerprint density at radius 3 is 2.50 bits per heavy atom. The highest BCUT2D eigenvalue weighted by Gasteiger charge is 2.08. The van der Waals surface area contributed by atoms with Crippen LogP contribution in [-0.2, 0) is 0 Å². The van der Waals surface area contributed by atoms with Crippen molar-refractivity contribution in [2.75, 3.05) is 19.8 Å². The lowest BCUT2D eigenvalue weighted by atomic mass is 10.0. The molecule has 0 amide bonds. The highest BCUT2D eigenvalue weighted by Crippen LogP contribution is 2.15. The maximum absolute atomic E-state index is 9.21. The van der Waals surface area contributed by atoms with Gasteiger partial charge in [-0.3, -0.25) is 0 Å². The summed E-state index contributed by atoms with van der Waals surface area (Å²) < 4.78 is 6.64. The Morgan fingerprint density at radius 1 is 1.28 bits per heavy atom. The predicted octanol–water partition coefficient (Wildman–Crippen LogP) is 2.82. The number of hydrogen-bond donors (Lipinski definition) is 2. The molecule has 2 N–H and O–H groups in total. The molecule has 18 heavy (non-hydrogen) atoms. The Labute approximate surface area is 118 Å². The molecule has 0 bridgehead atoms. The van der Waals surface area contributed by atoms with Gasteiger partial charge in [0.25, 0.3) is 0 Å². The minimum absolute atomic E-state index is 0.165. The largest absolute Gasteiger partial charge is 0.492 e. The van der Waals surface area contributed by atoms with Crippen molar-refractivity contribution in [1.29, 1.82) is 0 Å². The van der Waals surface area contributed by atoms with Gasteiger partial charge in [0.05, 0.1) is 6.61 Å². The van der Waals surface area contributed by atoms with Crippen LogP contribution in [0.2, 0.25) is 0 Å². The molecular formula is C14H22BrNO2. The Morgan fingerprint density at radius 2 is 1.94 bits per heavy atom. The molecule has 0 saturated carbocycles. The fourth-order valence-corrected chi connectivity index (χ4v) is 2.02. The van der Waals surface area contributed by atoms with Gasteiger partial charge < -0.3 is 15.2 Å². The third-order valence-electron chi connectivity index (χ3n) is 2.59. The first-order valence-corrected chi connectivity index (χ1v) is 7.13. The zero-order valence-corrected chi connectivity index (χ0v) is 12.6. The molecule has 1 aromatic carbocycles. The number of ether oxygens (including phenoxy) is 1. The van der Waals surface area contributed by atoms with Crippen LogP contribution < -0.4 is 10.1 Å². The second kappa shape index (κ2) is 8.51. The van der Waals surface area contributed by atoms with Crippen LogP contribution in [0, 0.1) is 5.92 Å². The molecule has 0 heterocycles. The first-order chi connectivity index (χ1) is 8.61. The van der Waals surface area contributed by atoms with Gasteiger partial charge in [-0.25, -0.2) is 0 Å². The molecule has 102 valence electrons. The minimum atomic E-state index is 0.165. The molecule has 1 aromatic rings.